The van der Waals surface area contributed by atoms with Crippen LogP contribution < -0.4 is 14.8 Å². The molecule has 3 rings (SSSR count). The van der Waals surface area contributed by atoms with Gasteiger partial charge in [-0.05, 0) is 56.2 Å². The Morgan fingerprint density at radius 3 is 2.59 bits per heavy atom. The molecule has 0 aliphatic carbocycles. The van der Waals surface area contributed by atoms with Gasteiger partial charge in [0.25, 0.3) is 5.91 Å². The van der Waals surface area contributed by atoms with Crippen molar-refractivity contribution in [2.45, 2.75) is 38.2 Å². The standard InChI is InChI=1S/C22H25NO5S/c1-14-4-6-18(12-15(14)2)29-11-8-21(24)28-16(3)22(25)23-17-5-7-19-20(13-17)27-10-9-26-19/h4-7,12-13,16H,8-11H2,1-3H3,(H,23,25). The molecule has 0 aromatic heterocycles. The Morgan fingerprint density at radius 1 is 1.07 bits per heavy atom. The number of anilines is 1. The topological polar surface area (TPSA) is 73.9 Å². The van der Waals surface area contributed by atoms with Crippen molar-refractivity contribution in [2.75, 3.05) is 24.3 Å². The van der Waals surface area contributed by atoms with Gasteiger partial charge in [0.15, 0.2) is 17.6 Å². The van der Waals surface area contributed by atoms with E-state index in [9.17, 15) is 9.59 Å². The number of ether oxygens (including phenoxy) is 3. The van der Waals surface area contributed by atoms with Gasteiger partial charge < -0.3 is 19.5 Å². The van der Waals surface area contributed by atoms with Crippen LogP contribution in [0.15, 0.2) is 41.3 Å². The zero-order valence-electron chi connectivity index (χ0n) is 16.8. The molecule has 1 unspecified atom stereocenters. The number of amides is 1. The largest absolute Gasteiger partial charge is 0.486 e. The fraction of sp³-hybridized carbons (Fsp3) is 0.364. The average molecular weight is 416 g/mol. The lowest BCUT2D eigenvalue weighted by Gasteiger charge is -2.19. The smallest absolute Gasteiger partial charge is 0.307 e. The molecule has 1 amide bonds. The van der Waals surface area contributed by atoms with Gasteiger partial charge in [0.05, 0.1) is 6.42 Å². The highest BCUT2D eigenvalue weighted by molar-refractivity contribution is 7.99. The van der Waals surface area contributed by atoms with Crippen molar-refractivity contribution in [3.8, 4) is 11.5 Å². The number of fused-ring (bicyclic) bond motifs is 1. The van der Waals surface area contributed by atoms with Gasteiger partial charge in [-0.3, -0.25) is 9.59 Å². The van der Waals surface area contributed by atoms with Gasteiger partial charge in [0, 0.05) is 22.4 Å². The first-order chi connectivity index (χ1) is 13.9. The van der Waals surface area contributed by atoms with Crippen LogP contribution in [0.5, 0.6) is 11.5 Å². The predicted octanol–water partition coefficient (Wildman–Crippen LogP) is 4.13. The van der Waals surface area contributed by atoms with E-state index in [1.807, 2.05) is 6.07 Å². The van der Waals surface area contributed by atoms with E-state index in [1.54, 1.807) is 36.9 Å². The number of thioether (sulfide) groups is 1. The Morgan fingerprint density at radius 2 is 1.83 bits per heavy atom. The Bertz CT molecular complexity index is 899. The number of aryl methyl sites for hydroxylation is 2. The third-order valence-corrected chi connectivity index (χ3v) is 5.54. The predicted molar refractivity (Wildman–Crippen MR) is 113 cm³/mol. The normalized spacial score (nSPS) is 13.5. The van der Waals surface area contributed by atoms with E-state index < -0.39 is 18.0 Å². The fourth-order valence-electron chi connectivity index (χ4n) is 2.73. The molecule has 1 atom stereocenters. The molecule has 0 bridgehead atoms. The lowest BCUT2D eigenvalue weighted by atomic mass is 10.1. The molecular weight excluding hydrogens is 390 g/mol. The molecule has 0 saturated carbocycles. The second kappa shape index (κ2) is 9.69. The number of rotatable bonds is 7. The minimum atomic E-state index is -0.887. The summed E-state index contributed by atoms with van der Waals surface area (Å²) >= 11 is 1.60. The van der Waals surface area contributed by atoms with E-state index in [4.69, 9.17) is 14.2 Å². The zero-order chi connectivity index (χ0) is 20.8. The maximum absolute atomic E-state index is 12.3. The summed E-state index contributed by atoms with van der Waals surface area (Å²) in [5.41, 5.74) is 3.03. The summed E-state index contributed by atoms with van der Waals surface area (Å²) in [6, 6.07) is 11.4. The highest BCUT2D eigenvalue weighted by Crippen LogP contribution is 2.32. The van der Waals surface area contributed by atoms with E-state index in [2.05, 4.69) is 31.3 Å². The summed E-state index contributed by atoms with van der Waals surface area (Å²) in [5.74, 6) is 1.04. The monoisotopic (exact) mass is 415 g/mol. The van der Waals surface area contributed by atoms with Crippen molar-refractivity contribution >= 4 is 29.3 Å². The number of esters is 1. The number of hydrogen-bond donors (Lipinski definition) is 1. The molecule has 1 heterocycles. The lowest BCUT2D eigenvalue weighted by Crippen LogP contribution is -2.30. The molecule has 1 aliphatic heterocycles. The SMILES string of the molecule is Cc1ccc(SCCC(=O)OC(C)C(=O)Nc2ccc3c(c2)OCCO3)cc1C. The zero-order valence-corrected chi connectivity index (χ0v) is 17.6. The van der Waals surface area contributed by atoms with Crippen LogP contribution >= 0.6 is 11.8 Å². The van der Waals surface area contributed by atoms with Gasteiger partial charge in [-0.2, -0.15) is 0 Å². The van der Waals surface area contributed by atoms with E-state index in [0.717, 1.165) is 4.90 Å². The number of nitrogens with one attached hydrogen (secondary N) is 1. The quantitative estimate of drug-likeness (QED) is 0.542. The van der Waals surface area contributed by atoms with Crippen molar-refractivity contribution in [1.29, 1.82) is 0 Å². The molecule has 2 aromatic rings. The third-order valence-electron chi connectivity index (χ3n) is 4.54. The van der Waals surface area contributed by atoms with E-state index in [1.165, 1.54) is 11.1 Å². The van der Waals surface area contributed by atoms with Gasteiger partial charge in [-0.25, -0.2) is 0 Å². The van der Waals surface area contributed by atoms with Crippen LogP contribution in [0.3, 0.4) is 0 Å². The molecule has 2 aromatic carbocycles. The van der Waals surface area contributed by atoms with Gasteiger partial charge in [-0.1, -0.05) is 6.07 Å². The molecule has 0 spiro atoms. The van der Waals surface area contributed by atoms with Crippen molar-refractivity contribution < 1.29 is 23.8 Å². The maximum atomic E-state index is 12.3. The minimum absolute atomic E-state index is 0.235. The molecule has 7 heteroatoms. The van der Waals surface area contributed by atoms with Gasteiger partial charge in [-0.15, -0.1) is 11.8 Å². The first-order valence-corrected chi connectivity index (χ1v) is 10.5. The number of carbonyl (C=O) groups is 2. The molecule has 29 heavy (non-hydrogen) atoms. The van der Waals surface area contributed by atoms with Gasteiger partial charge in [0.1, 0.15) is 13.2 Å². The van der Waals surface area contributed by atoms with E-state index in [-0.39, 0.29) is 6.42 Å². The number of benzene rings is 2. The second-order valence-corrected chi connectivity index (χ2v) is 7.99. The van der Waals surface area contributed by atoms with Crippen molar-refractivity contribution in [3.05, 3.63) is 47.5 Å². The molecule has 1 N–H and O–H groups in total. The second-order valence-electron chi connectivity index (χ2n) is 6.82. The van der Waals surface area contributed by atoms with Crippen LogP contribution in [0.4, 0.5) is 5.69 Å². The Hall–Kier alpha value is -2.67. The molecule has 6 nitrogen and oxygen atoms in total. The van der Waals surface area contributed by atoms with Crippen LogP contribution in [0.25, 0.3) is 0 Å². The van der Waals surface area contributed by atoms with E-state index >= 15 is 0 Å². The molecular formula is C22H25NO5S. The number of carbonyl (C=O) groups excluding carboxylic acids is 2. The number of hydrogen-bond acceptors (Lipinski definition) is 6. The highest BCUT2D eigenvalue weighted by Gasteiger charge is 2.19. The van der Waals surface area contributed by atoms with Gasteiger partial charge in [0.2, 0.25) is 0 Å². The molecule has 0 fully saturated rings. The first-order valence-electron chi connectivity index (χ1n) is 9.52. The molecule has 0 radical (unpaired) electrons. The molecule has 0 saturated heterocycles. The van der Waals surface area contributed by atoms with Crippen molar-refractivity contribution in [1.82, 2.24) is 0 Å². The van der Waals surface area contributed by atoms with Gasteiger partial charge >= 0.3 is 5.97 Å². The molecule has 1 aliphatic rings. The Kier molecular flexibility index (Phi) is 7.04. The maximum Gasteiger partial charge on any atom is 0.307 e. The summed E-state index contributed by atoms with van der Waals surface area (Å²) in [4.78, 5) is 25.5. The van der Waals surface area contributed by atoms with Crippen molar-refractivity contribution in [3.63, 3.8) is 0 Å². The van der Waals surface area contributed by atoms with Crippen molar-refractivity contribution in [2.24, 2.45) is 0 Å². The van der Waals surface area contributed by atoms with Crippen LogP contribution in [-0.4, -0.2) is 36.9 Å². The summed E-state index contributed by atoms with van der Waals surface area (Å²) < 4.78 is 16.2. The van der Waals surface area contributed by atoms with Crippen LogP contribution in [-0.2, 0) is 14.3 Å². The highest BCUT2D eigenvalue weighted by atomic mass is 32.2. The Balaban J connectivity index is 1.43. The first kappa shape index (κ1) is 21.0. The van der Waals surface area contributed by atoms with E-state index in [0.29, 0.717) is 36.2 Å². The minimum Gasteiger partial charge on any atom is -0.486 e. The Labute approximate surface area is 174 Å². The van der Waals surface area contributed by atoms with Crippen LogP contribution in [0.2, 0.25) is 0 Å². The average Bonchev–Trinajstić information content (AvgIpc) is 2.70. The molecule has 154 valence electrons. The summed E-state index contributed by atoms with van der Waals surface area (Å²) in [6.45, 7) is 6.67. The summed E-state index contributed by atoms with van der Waals surface area (Å²) in [5, 5.41) is 2.73. The summed E-state index contributed by atoms with van der Waals surface area (Å²) in [6.07, 6.45) is -0.651. The van der Waals surface area contributed by atoms with Crippen LogP contribution in [0.1, 0.15) is 24.5 Å². The van der Waals surface area contributed by atoms with Crippen LogP contribution in [0, 0.1) is 13.8 Å². The fourth-order valence-corrected chi connectivity index (χ4v) is 3.66. The summed E-state index contributed by atoms with van der Waals surface area (Å²) in [7, 11) is 0. The third kappa shape index (κ3) is 5.90. The lowest BCUT2D eigenvalue weighted by molar-refractivity contribution is -0.152.